The normalized spacial score (nSPS) is 10.5. The highest BCUT2D eigenvalue weighted by atomic mass is 16.6. The van der Waals surface area contributed by atoms with E-state index in [1.54, 1.807) is 24.1 Å². The zero-order valence-electron chi connectivity index (χ0n) is 11.4. The molecule has 104 valence electrons. The lowest BCUT2D eigenvalue weighted by Crippen LogP contribution is -2.41. The molecular formula is C13H19N3O3. The monoisotopic (exact) mass is 265 g/mol. The van der Waals surface area contributed by atoms with E-state index in [4.69, 9.17) is 0 Å². The molecule has 0 radical (unpaired) electrons. The van der Waals surface area contributed by atoms with Crippen LogP contribution in [0.4, 0.5) is 5.69 Å². The summed E-state index contributed by atoms with van der Waals surface area (Å²) in [5.41, 5.74) is 0.935. The minimum atomic E-state index is -0.434. The molecule has 0 aliphatic carbocycles. The minimum absolute atomic E-state index is 0.0100. The quantitative estimate of drug-likeness (QED) is 0.625. The second kappa shape index (κ2) is 6.84. The van der Waals surface area contributed by atoms with Crippen LogP contribution in [0.3, 0.4) is 0 Å². The molecule has 0 aliphatic heterocycles. The summed E-state index contributed by atoms with van der Waals surface area (Å²) in [5.74, 6) is 0.0100. The highest BCUT2D eigenvalue weighted by Gasteiger charge is 2.16. The van der Waals surface area contributed by atoms with Gasteiger partial charge in [0.2, 0.25) is 5.91 Å². The number of benzene rings is 1. The van der Waals surface area contributed by atoms with E-state index in [1.807, 2.05) is 13.8 Å². The lowest BCUT2D eigenvalue weighted by molar-refractivity contribution is -0.384. The molecule has 0 bridgehead atoms. The molecule has 6 heteroatoms. The summed E-state index contributed by atoms with van der Waals surface area (Å²) in [6.45, 7) is 4.62. The van der Waals surface area contributed by atoms with Gasteiger partial charge in [0.1, 0.15) is 0 Å². The van der Waals surface area contributed by atoms with Crippen LogP contribution in [0.1, 0.15) is 19.4 Å². The van der Waals surface area contributed by atoms with Crippen molar-refractivity contribution in [3.05, 3.63) is 39.9 Å². The van der Waals surface area contributed by atoms with Gasteiger partial charge in [0, 0.05) is 24.7 Å². The number of likely N-dealkylation sites (N-methyl/N-ethyl adjacent to an activating group) is 1. The number of carbonyl (C=O) groups is 1. The fourth-order valence-corrected chi connectivity index (χ4v) is 1.73. The van der Waals surface area contributed by atoms with Crippen molar-refractivity contribution >= 4 is 11.6 Å². The molecule has 0 unspecified atom stereocenters. The molecule has 0 saturated carbocycles. The lowest BCUT2D eigenvalue weighted by Gasteiger charge is -2.26. The predicted octanol–water partition coefficient (Wildman–Crippen LogP) is 1.55. The molecule has 0 heterocycles. The Kier molecular flexibility index (Phi) is 5.44. The van der Waals surface area contributed by atoms with Crippen molar-refractivity contribution in [2.45, 2.75) is 26.4 Å². The molecule has 0 spiro atoms. The van der Waals surface area contributed by atoms with Crippen molar-refractivity contribution in [1.29, 1.82) is 0 Å². The van der Waals surface area contributed by atoms with Crippen LogP contribution in [0.15, 0.2) is 24.3 Å². The van der Waals surface area contributed by atoms with Crippen molar-refractivity contribution in [1.82, 2.24) is 10.2 Å². The number of hydrogen-bond acceptors (Lipinski definition) is 4. The number of nitrogens with zero attached hydrogens (tertiary/aromatic N) is 2. The predicted molar refractivity (Wildman–Crippen MR) is 72.7 cm³/mol. The molecule has 1 rings (SSSR count). The molecule has 1 aromatic rings. The third kappa shape index (κ3) is 4.33. The van der Waals surface area contributed by atoms with Crippen LogP contribution >= 0.6 is 0 Å². The van der Waals surface area contributed by atoms with E-state index < -0.39 is 4.92 Å². The fourth-order valence-electron chi connectivity index (χ4n) is 1.73. The fraction of sp³-hybridized carbons (Fsp3) is 0.462. The SMILES string of the molecule is CNCC(=O)N(Cc1ccc([N+](=O)[O-])cc1)C(C)C. The van der Waals surface area contributed by atoms with Gasteiger partial charge >= 0.3 is 0 Å². The van der Waals surface area contributed by atoms with Crippen LogP contribution in [-0.2, 0) is 11.3 Å². The molecule has 0 aromatic heterocycles. The van der Waals surface area contributed by atoms with Crippen LogP contribution in [-0.4, -0.2) is 35.4 Å². The highest BCUT2D eigenvalue weighted by Crippen LogP contribution is 2.14. The van der Waals surface area contributed by atoms with Crippen molar-refractivity contribution in [3.63, 3.8) is 0 Å². The number of amides is 1. The second-order valence-electron chi connectivity index (χ2n) is 4.57. The maximum Gasteiger partial charge on any atom is 0.269 e. The third-order valence-electron chi connectivity index (χ3n) is 2.77. The van der Waals surface area contributed by atoms with Crippen molar-refractivity contribution < 1.29 is 9.72 Å². The molecule has 1 aromatic carbocycles. The number of nitro groups is 1. The highest BCUT2D eigenvalue weighted by molar-refractivity contribution is 5.78. The Morgan fingerprint density at radius 3 is 2.37 bits per heavy atom. The Balaban J connectivity index is 2.79. The number of non-ortho nitro benzene ring substituents is 1. The first-order chi connectivity index (χ1) is 8.95. The first-order valence-electron chi connectivity index (χ1n) is 6.13. The Labute approximate surface area is 112 Å². The maximum absolute atomic E-state index is 11.9. The largest absolute Gasteiger partial charge is 0.335 e. The van der Waals surface area contributed by atoms with Gasteiger partial charge in [0.05, 0.1) is 11.5 Å². The second-order valence-corrected chi connectivity index (χ2v) is 4.57. The third-order valence-corrected chi connectivity index (χ3v) is 2.77. The topological polar surface area (TPSA) is 75.5 Å². The molecule has 1 N–H and O–H groups in total. The van der Waals surface area contributed by atoms with E-state index in [2.05, 4.69) is 5.32 Å². The van der Waals surface area contributed by atoms with E-state index in [-0.39, 0.29) is 24.2 Å². The van der Waals surface area contributed by atoms with Crippen molar-refractivity contribution in [2.75, 3.05) is 13.6 Å². The van der Waals surface area contributed by atoms with Gasteiger partial charge in [-0.2, -0.15) is 0 Å². The maximum atomic E-state index is 11.9. The zero-order chi connectivity index (χ0) is 14.4. The van der Waals surface area contributed by atoms with Crippen LogP contribution in [0, 0.1) is 10.1 Å². The Morgan fingerprint density at radius 2 is 1.95 bits per heavy atom. The van der Waals surface area contributed by atoms with Crippen molar-refractivity contribution in [2.24, 2.45) is 0 Å². The van der Waals surface area contributed by atoms with Gasteiger partial charge < -0.3 is 10.2 Å². The van der Waals surface area contributed by atoms with Crippen LogP contribution in [0.25, 0.3) is 0 Å². The Hall–Kier alpha value is -1.95. The van der Waals surface area contributed by atoms with E-state index in [1.165, 1.54) is 12.1 Å². The summed E-state index contributed by atoms with van der Waals surface area (Å²) < 4.78 is 0. The molecular weight excluding hydrogens is 246 g/mol. The Morgan fingerprint density at radius 1 is 1.37 bits per heavy atom. The number of nitrogens with one attached hydrogen (secondary N) is 1. The van der Waals surface area contributed by atoms with Crippen LogP contribution in [0.5, 0.6) is 0 Å². The zero-order valence-corrected chi connectivity index (χ0v) is 11.4. The molecule has 19 heavy (non-hydrogen) atoms. The van der Waals surface area contributed by atoms with Gasteiger partial charge in [-0.05, 0) is 26.5 Å². The summed E-state index contributed by atoms with van der Waals surface area (Å²) >= 11 is 0. The van der Waals surface area contributed by atoms with E-state index >= 15 is 0 Å². The summed E-state index contributed by atoms with van der Waals surface area (Å²) in [6, 6.07) is 6.35. The van der Waals surface area contributed by atoms with Crippen LogP contribution < -0.4 is 5.32 Å². The number of carbonyl (C=O) groups excluding carboxylic acids is 1. The van der Waals surface area contributed by atoms with E-state index in [0.717, 1.165) is 5.56 Å². The average molecular weight is 265 g/mol. The smallest absolute Gasteiger partial charge is 0.269 e. The number of nitro benzene ring substituents is 1. The first-order valence-corrected chi connectivity index (χ1v) is 6.13. The average Bonchev–Trinajstić information content (AvgIpc) is 2.36. The standard InChI is InChI=1S/C13H19N3O3/c1-10(2)15(13(17)8-14-3)9-11-4-6-12(7-5-11)16(18)19/h4-7,10,14H,8-9H2,1-3H3. The molecule has 1 amide bonds. The van der Waals surface area contributed by atoms with Gasteiger partial charge in [-0.15, -0.1) is 0 Å². The summed E-state index contributed by atoms with van der Waals surface area (Å²) in [7, 11) is 1.72. The molecule has 0 atom stereocenters. The van der Waals surface area contributed by atoms with E-state index in [0.29, 0.717) is 6.54 Å². The van der Waals surface area contributed by atoms with Crippen LogP contribution in [0.2, 0.25) is 0 Å². The van der Waals surface area contributed by atoms with Gasteiger partial charge in [-0.3, -0.25) is 14.9 Å². The van der Waals surface area contributed by atoms with Gasteiger partial charge in [0.25, 0.3) is 5.69 Å². The molecule has 0 saturated heterocycles. The van der Waals surface area contributed by atoms with Crippen molar-refractivity contribution in [3.8, 4) is 0 Å². The summed E-state index contributed by atoms with van der Waals surface area (Å²) in [5, 5.41) is 13.4. The summed E-state index contributed by atoms with van der Waals surface area (Å²) in [6.07, 6.45) is 0. The summed E-state index contributed by atoms with van der Waals surface area (Å²) in [4.78, 5) is 23.8. The molecule has 6 nitrogen and oxygen atoms in total. The molecule has 0 fully saturated rings. The molecule has 0 aliphatic rings. The number of rotatable bonds is 6. The minimum Gasteiger partial charge on any atom is -0.335 e. The first kappa shape index (κ1) is 15.1. The van der Waals surface area contributed by atoms with Gasteiger partial charge in [-0.25, -0.2) is 0 Å². The van der Waals surface area contributed by atoms with Gasteiger partial charge in [-0.1, -0.05) is 12.1 Å². The lowest BCUT2D eigenvalue weighted by atomic mass is 10.1. The Bertz CT molecular complexity index is 443. The number of hydrogen-bond donors (Lipinski definition) is 1. The van der Waals surface area contributed by atoms with E-state index in [9.17, 15) is 14.9 Å². The van der Waals surface area contributed by atoms with Gasteiger partial charge in [0.15, 0.2) is 0 Å².